The van der Waals surface area contributed by atoms with Crippen molar-refractivity contribution in [3.63, 3.8) is 0 Å². The number of benzene rings is 3. The molecule has 3 saturated heterocycles. The van der Waals surface area contributed by atoms with E-state index in [0.717, 1.165) is 11.3 Å². The van der Waals surface area contributed by atoms with Crippen LogP contribution >= 0.6 is 22.9 Å². The van der Waals surface area contributed by atoms with Crippen LogP contribution < -0.4 is 25.6 Å². The fourth-order valence-electron chi connectivity index (χ4n) is 9.95. The number of hydrogen-bond acceptors (Lipinski definition) is 13. The second kappa shape index (κ2) is 20.7. The highest BCUT2D eigenvalue weighted by Gasteiger charge is 2.43. The molecular weight excluding hydrogens is 978 g/mol. The summed E-state index contributed by atoms with van der Waals surface area (Å²) in [6.45, 7) is 4.09. The number of imide groups is 1. The number of halogens is 1. The van der Waals surface area contributed by atoms with Gasteiger partial charge in [-0.2, -0.15) is 4.31 Å². The highest BCUT2D eigenvalue weighted by Crippen LogP contribution is 2.46. The SMILES string of the molecule is CN(C(=O)C1CCN(C(=O)CNc2cccc3c2CN(C2CCC(=O)NC2=O)C3=O)CC1)c1cccc(CS(=O)(=O)N2CC[C@@H](Nc3cccc(-c4sc(C(=O)O)c(OCC(=O)O)c4Cl)c3)CC2(C)C)c1. The second-order valence-corrected chi connectivity index (χ2v) is 22.0. The monoisotopic (exact) mass is 1030 g/mol. The van der Waals surface area contributed by atoms with E-state index >= 15 is 0 Å². The summed E-state index contributed by atoms with van der Waals surface area (Å²) < 4.78 is 35.0. The number of carboxylic acids is 2. The molecule has 22 heteroatoms. The van der Waals surface area contributed by atoms with E-state index in [-0.39, 0.29) is 89.5 Å². The van der Waals surface area contributed by atoms with Crippen molar-refractivity contribution in [3.05, 3.63) is 93.3 Å². The van der Waals surface area contributed by atoms with Crippen molar-refractivity contribution in [2.45, 2.75) is 82.3 Å². The molecule has 376 valence electrons. The van der Waals surface area contributed by atoms with E-state index in [1.54, 1.807) is 72.6 Å². The second-order valence-electron chi connectivity index (χ2n) is 18.8. The number of nitrogens with zero attached hydrogens (tertiary/aromatic N) is 4. The molecule has 5 amide bonds. The molecule has 19 nitrogen and oxygen atoms in total. The summed E-state index contributed by atoms with van der Waals surface area (Å²) >= 11 is 7.40. The maximum absolute atomic E-state index is 14.1. The van der Waals surface area contributed by atoms with Crippen LogP contribution in [0.1, 0.15) is 83.5 Å². The molecule has 3 aromatic carbocycles. The average molecular weight is 1030 g/mol. The first-order chi connectivity index (χ1) is 33.7. The lowest BCUT2D eigenvalue weighted by Gasteiger charge is -2.45. The maximum Gasteiger partial charge on any atom is 0.349 e. The smallest absolute Gasteiger partial charge is 0.349 e. The summed E-state index contributed by atoms with van der Waals surface area (Å²) in [5.41, 5.74) is 3.30. The highest BCUT2D eigenvalue weighted by molar-refractivity contribution is 7.88. The number of likely N-dealkylation sites (tertiary alicyclic amines) is 1. The molecule has 5 heterocycles. The van der Waals surface area contributed by atoms with Crippen LogP contribution in [0.15, 0.2) is 66.7 Å². The zero-order valence-electron chi connectivity index (χ0n) is 39.2. The van der Waals surface area contributed by atoms with E-state index in [4.69, 9.17) is 21.4 Å². The number of carbonyl (C=O) groups excluding carboxylic acids is 5. The number of aromatic carboxylic acids is 1. The number of carboxylic acid groups (broad SMARTS) is 2. The maximum atomic E-state index is 14.1. The average Bonchev–Trinajstić information content (AvgIpc) is 3.85. The standard InChI is InChI=1S/C49H54ClN7O12S2/c1-49(2)23-32(52-31-9-5-8-30(22-31)43-41(50)42(69-26-40(60)61)44(70-43)48(65)66)17-20-57(49)71(67,68)27-28-7-4-10-33(21-28)54(3)46(63)29-15-18-55(19-16-29)39(59)24-51-36-12-6-11-34-35(36)25-56(47(34)64)37-13-14-38(58)53-45(37)62/h4-12,21-22,29,32,37,51-52H,13-20,23-27H2,1-3H3,(H,60,61)(H,65,66)(H,53,58,62)/t32-,37?/m1/s1. The van der Waals surface area contributed by atoms with Crippen LogP contribution in [0.4, 0.5) is 17.1 Å². The zero-order chi connectivity index (χ0) is 50.9. The van der Waals surface area contributed by atoms with E-state index in [1.807, 2.05) is 19.9 Å². The summed E-state index contributed by atoms with van der Waals surface area (Å²) in [4.78, 5) is 92.6. The minimum absolute atomic E-state index is 0.00911. The molecule has 2 atom stereocenters. The number of amides is 5. The lowest BCUT2D eigenvalue weighted by Crippen LogP contribution is -2.55. The Balaban J connectivity index is 0.826. The Kier molecular flexibility index (Phi) is 14.8. The molecule has 4 aliphatic rings. The summed E-state index contributed by atoms with van der Waals surface area (Å²) in [6.07, 6.45) is 2.22. The van der Waals surface area contributed by atoms with Gasteiger partial charge >= 0.3 is 11.9 Å². The molecule has 5 N–H and O–H groups in total. The molecule has 4 aromatic rings. The van der Waals surface area contributed by atoms with Gasteiger partial charge in [0, 0.05) is 85.3 Å². The normalized spacial score (nSPS) is 19.5. The van der Waals surface area contributed by atoms with Gasteiger partial charge < -0.3 is 40.3 Å². The largest absolute Gasteiger partial charge is 0.479 e. The molecular formula is C49H54ClN7O12S2. The number of aliphatic carboxylic acids is 1. The van der Waals surface area contributed by atoms with Gasteiger partial charge in [-0.15, -0.1) is 11.3 Å². The Labute approximate surface area is 419 Å². The van der Waals surface area contributed by atoms with E-state index in [1.165, 1.54) is 14.1 Å². The molecule has 0 radical (unpaired) electrons. The van der Waals surface area contributed by atoms with Crippen molar-refractivity contribution in [2.24, 2.45) is 5.92 Å². The Morgan fingerprint density at radius 3 is 2.39 bits per heavy atom. The highest BCUT2D eigenvalue weighted by atomic mass is 35.5. The third kappa shape index (κ3) is 11.0. The molecule has 1 unspecified atom stereocenters. The summed E-state index contributed by atoms with van der Waals surface area (Å²) in [5.74, 6) is -4.91. The molecule has 0 spiro atoms. The van der Waals surface area contributed by atoms with Crippen LogP contribution in [0.25, 0.3) is 10.4 Å². The number of ether oxygens (including phenoxy) is 1. The van der Waals surface area contributed by atoms with Crippen molar-refractivity contribution >= 4 is 91.5 Å². The van der Waals surface area contributed by atoms with Crippen LogP contribution in [0.3, 0.4) is 0 Å². The fraction of sp³-hybridized carbons (Fsp3) is 0.408. The number of nitrogens with one attached hydrogen (secondary N) is 3. The molecule has 0 aliphatic carbocycles. The molecule has 3 fully saturated rings. The predicted molar refractivity (Wildman–Crippen MR) is 265 cm³/mol. The number of piperidine rings is 3. The van der Waals surface area contributed by atoms with Gasteiger partial charge in [-0.25, -0.2) is 18.0 Å². The minimum atomic E-state index is -3.84. The number of fused-ring (bicyclic) bond motifs is 1. The van der Waals surface area contributed by atoms with Crippen molar-refractivity contribution < 1.29 is 56.9 Å². The van der Waals surface area contributed by atoms with E-state index < -0.39 is 46.1 Å². The Hall–Kier alpha value is -6.55. The van der Waals surface area contributed by atoms with Crippen molar-refractivity contribution in [1.29, 1.82) is 0 Å². The van der Waals surface area contributed by atoms with Crippen LogP contribution in [-0.2, 0) is 46.3 Å². The summed E-state index contributed by atoms with van der Waals surface area (Å²) in [7, 11) is -2.17. The lowest BCUT2D eigenvalue weighted by atomic mass is 9.89. The number of rotatable bonds is 16. The third-order valence-electron chi connectivity index (χ3n) is 13.5. The Morgan fingerprint density at radius 2 is 1.69 bits per heavy atom. The first kappa shape index (κ1) is 50.8. The van der Waals surface area contributed by atoms with Crippen LogP contribution in [0.2, 0.25) is 5.02 Å². The van der Waals surface area contributed by atoms with Gasteiger partial charge in [-0.05, 0) is 93.5 Å². The van der Waals surface area contributed by atoms with Gasteiger partial charge in [-0.3, -0.25) is 29.3 Å². The number of thiophene rings is 1. The van der Waals surface area contributed by atoms with Crippen LogP contribution in [-0.4, -0.2) is 132 Å². The fourth-order valence-corrected chi connectivity index (χ4v) is 13.3. The van der Waals surface area contributed by atoms with E-state index in [2.05, 4.69) is 16.0 Å². The van der Waals surface area contributed by atoms with Crippen molar-refractivity contribution in [1.82, 2.24) is 19.4 Å². The molecule has 0 bridgehead atoms. The predicted octanol–water partition coefficient (Wildman–Crippen LogP) is 5.49. The lowest BCUT2D eigenvalue weighted by molar-refractivity contribution is -0.139. The number of anilines is 3. The number of carbonyl (C=O) groups is 7. The quantitative estimate of drug-likeness (QED) is 0.0871. The van der Waals surface area contributed by atoms with Gasteiger partial charge in [-0.1, -0.05) is 41.9 Å². The van der Waals surface area contributed by atoms with Gasteiger partial charge in [0.2, 0.25) is 33.7 Å². The molecule has 1 aromatic heterocycles. The topological polar surface area (TPSA) is 252 Å². The van der Waals surface area contributed by atoms with Gasteiger partial charge in [0.1, 0.15) is 11.1 Å². The van der Waals surface area contributed by atoms with Crippen LogP contribution in [0, 0.1) is 5.92 Å². The number of hydrogen-bond donors (Lipinski definition) is 5. The zero-order valence-corrected chi connectivity index (χ0v) is 41.6. The Bertz CT molecular complexity index is 2920. The van der Waals surface area contributed by atoms with E-state index in [0.29, 0.717) is 83.0 Å². The third-order valence-corrected chi connectivity index (χ3v) is 17.2. The molecule has 0 saturated carbocycles. The first-order valence-electron chi connectivity index (χ1n) is 23.1. The molecule has 8 rings (SSSR count). The Morgan fingerprint density at radius 1 is 0.958 bits per heavy atom. The van der Waals surface area contributed by atoms with E-state index in [9.17, 15) is 47.1 Å². The van der Waals surface area contributed by atoms with Gasteiger partial charge in [0.05, 0.1) is 17.2 Å². The summed E-state index contributed by atoms with van der Waals surface area (Å²) in [5, 5.41) is 27.8. The minimum Gasteiger partial charge on any atom is -0.479 e. The van der Waals surface area contributed by atoms with Gasteiger partial charge in [0.25, 0.3) is 5.91 Å². The van der Waals surface area contributed by atoms with Crippen molar-refractivity contribution in [2.75, 3.05) is 55.4 Å². The first-order valence-corrected chi connectivity index (χ1v) is 25.9. The molecule has 4 aliphatic heterocycles. The molecule has 71 heavy (non-hydrogen) atoms. The number of sulfonamides is 1. The van der Waals surface area contributed by atoms with Crippen LogP contribution in [0.5, 0.6) is 5.75 Å². The summed E-state index contributed by atoms with van der Waals surface area (Å²) in [6, 6.07) is 18.4. The van der Waals surface area contributed by atoms with Crippen molar-refractivity contribution in [3.8, 4) is 16.2 Å². The van der Waals surface area contributed by atoms with Gasteiger partial charge in [0.15, 0.2) is 17.2 Å².